The molecule has 6 N–H and O–H groups in total. The second-order valence-electron chi connectivity index (χ2n) is 13.8. The first-order valence-corrected chi connectivity index (χ1v) is 23.0. The minimum atomic E-state index is -4.67. The quantitative estimate of drug-likeness (QED) is 0.0199. The standard InChI is InChI=1S/C37H76O6.Na.2H2O4S/c1-3-5-7-9-11-13-15-17-19-21-23-25-29-40-33-37(35-42-31-27-38,36-43-32-28-39)34-41-30-26-24-22-20-18-16-14-12-10-8-6-4-2;;2*1-5(2,3)4/h38-39H,3-36H2,1-2H3;;2*(H2,1,2,3,4). The van der Waals surface area contributed by atoms with Crippen molar-refractivity contribution in [2.75, 3.05) is 66.1 Å². The average Bonchev–Trinajstić information content (AvgIpc) is 3.07. The first kappa shape index (κ1) is 61.2. The van der Waals surface area contributed by atoms with Crippen molar-refractivity contribution in [3.8, 4) is 0 Å². The fraction of sp³-hybridized carbons (Fsp3) is 1.00. The molecular formula is C37H80NaO14S2. The molecule has 0 rings (SSSR count). The van der Waals surface area contributed by atoms with Crippen molar-refractivity contribution in [1.29, 1.82) is 0 Å². The zero-order valence-corrected chi connectivity index (χ0v) is 37.9. The molecule has 0 unspecified atom stereocenters. The van der Waals surface area contributed by atoms with E-state index in [-0.39, 0.29) is 42.8 Å². The van der Waals surface area contributed by atoms with Crippen LogP contribution < -0.4 is 0 Å². The average molecular weight is 836 g/mol. The van der Waals surface area contributed by atoms with Gasteiger partial charge in [-0.2, -0.15) is 16.8 Å². The van der Waals surface area contributed by atoms with Crippen molar-refractivity contribution >= 4 is 50.4 Å². The van der Waals surface area contributed by atoms with Gasteiger partial charge in [0.25, 0.3) is 0 Å². The Morgan fingerprint density at radius 2 is 0.556 bits per heavy atom. The van der Waals surface area contributed by atoms with Crippen molar-refractivity contribution in [2.24, 2.45) is 5.41 Å². The molecule has 17 heteroatoms. The van der Waals surface area contributed by atoms with E-state index in [4.69, 9.17) is 54.0 Å². The van der Waals surface area contributed by atoms with Gasteiger partial charge in [0.1, 0.15) is 0 Å². The third-order valence-corrected chi connectivity index (χ3v) is 8.39. The molecule has 0 aliphatic carbocycles. The number of rotatable bonds is 38. The van der Waals surface area contributed by atoms with Crippen molar-refractivity contribution in [2.45, 2.75) is 168 Å². The van der Waals surface area contributed by atoms with Crippen LogP contribution in [0.4, 0.5) is 0 Å². The van der Waals surface area contributed by atoms with Crippen molar-refractivity contribution in [1.82, 2.24) is 0 Å². The van der Waals surface area contributed by atoms with E-state index < -0.39 is 26.2 Å². The second kappa shape index (κ2) is 46.2. The summed E-state index contributed by atoms with van der Waals surface area (Å²) < 4.78 is 87.0. The van der Waals surface area contributed by atoms with Crippen LogP contribution in [0.5, 0.6) is 0 Å². The van der Waals surface area contributed by atoms with Gasteiger partial charge in [-0.15, -0.1) is 0 Å². The number of hydrogen-bond donors (Lipinski definition) is 6. The van der Waals surface area contributed by atoms with E-state index in [1.807, 2.05) is 0 Å². The van der Waals surface area contributed by atoms with Gasteiger partial charge < -0.3 is 29.2 Å². The molecule has 0 amide bonds. The molecule has 0 bridgehead atoms. The van der Waals surface area contributed by atoms with Gasteiger partial charge in [-0.05, 0) is 12.8 Å². The van der Waals surface area contributed by atoms with Gasteiger partial charge in [0.05, 0.1) is 58.3 Å². The fourth-order valence-electron chi connectivity index (χ4n) is 5.62. The maximum absolute atomic E-state index is 9.24. The molecule has 0 aliphatic heterocycles. The first-order valence-electron chi connectivity index (χ1n) is 20.2. The summed E-state index contributed by atoms with van der Waals surface area (Å²) in [6.45, 7) is 8.41. The SMILES string of the molecule is CCCCCCCCCCCCCCOCC(COCCO)(COCCO)COCCCCCCCCCCCCCC.O=S(=O)(O)O.O=S(=O)(O)O.[Na]. The molecule has 0 aromatic heterocycles. The predicted molar refractivity (Wildman–Crippen MR) is 216 cm³/mol. The van der Waals surface area contributed by atoms with E-state index in [1.165, 1.54) is 141 Å². The molecule has 0 heterocycles. The summed E-state index contributed by atoms with van der Waals surface area (Å²) in [5, 5.41) is 18.5. The largest absolute Gasteiger partial charge is 0.394 e. The zero-order valence-electron chi connectivity index (χ0n) is 34.3. The van der Waals surface area contributed by atoms with Crippen LogP contribution in [0, 0.1) is 5.41 Å². The normalized spacial score (nSPS) is 11.7. The Hall–Kier alpha value is 0.500. The maximum Gasteiger partial charge on any atom is 0.394 e. The molecule has 0 fully saturated rings. The minimum absolute atomic E-state index is 0. The third kappa shape index (κ3) is 64.4. The van der Waals surface area contributed by atoms with E-state index in [1.54, 1.807) is 0 Å². The summed E-state index contributed by atoms with van der Waals surface area (Å²) >= 11 is 0. The summed E-state index contributed by atoms with van der Waals surface area (Å²) in [4.78, 5) is 0. The molecule has 14 nitrogen and oxygen atoms in total. The molecule has 0 saturated carbocycles. The van der Waals surface area contributed by atoms with Crippen molar-refractivity contribution < 1.29 is 64.2 Å². The van der Waals surface area contributed by atoms with Crippen LogP contribution in [-0.2, 0) is 39.7 Å². The van der Waals surface area contributed by atoms with E-state index in [9.17, 15) is 10.2 Å². The van der Waals surface area contributed by atoms with E-state index >= 15 is 0 Å². The predicted octanol–water partition coefficient (Wildman–Crippen LogP) is 7.74. The Bertz CT molecular complexity index is 838. The Morgan fingerprint density at radius 3 is 0.759 bits per heavy atom. The summed E-state index contributed by atoms with van der Waals surface area (Å²) in [6.07, 6.45) is 31.9. The van der Waals surface area contributed by atoms with E-state index in [0.717, 1.165) is 26.1 Å². The Morgan fingerprint density at radius 1 is 0.370 bits per heavy atom. The fourth-order valence-corrected chi connectivity index (χ4v) is 5.62. The zero-order chi connectivity index (χ0) is 40.4. The monoisotopic (exact) mass is 835 g/mol. The Kier molecular flexibility index (Phi) is 52.3. The van der Waals surface area contributed by atoms with E-state index in [0.29, 0.717) is 39.6 Å². The summed E-state index contributed by atoms with van der Waals surface area (Å²) in [5.41, 5.74) is -0.432. The van der Waals surface area contributed by atoms with Crippen LogP contribution in [-0.4, -0.2) is 141 Å². The molecule has 0 aromatic rings. The maximum atomic E-state index is 9.24. The van der Waals surface area contributed by atoms with Crippen LogP contribution >= 0.6 is 0 Å². The van der Waals surface area contributed by atoms with Gasteiger partial charge in [-0.3, -0.25) is 18.2 Å². The topological polar surface area (TPSA) is 227 Å². The number of unbranched alkanes of at least 4 members (excludes halogenated alkanes) is 22. The number of ether oxygens (including phenoxy) is 4. The van der Waals surface area contributed by atoms with Crippen LogP contribution in [0.15, 0.2) is 0 Å². The summed E-state index contributed by atoms with van der Waals surface area (Å²) in [6, 6.07) is 0. The van der Waals surface area contributed by atoms with Gasteiger partial charge in [0, 0.05) is 42.8 Å². The van der Waals surface area contributed by atoms with Crippen LogP contribution in [0.25, 0.3) is 0 Å². The Labute approximate surface area is 352 Å². The van der Waals surface area contributed by atoms with Gasteiger partial charge in [0.2, 0.25) is 0 Å². The smallest absolute Gasteiger partial charge is 0.394 e. The summed E-state index contributed by atoms with van der Waals surface area (Å²) in [5.74, 6) is 0. The van der Waals surface area contributed by atoms with Crippen LogP contribution in [0.2, 0.25) is 0 Å². The third-order valence-electron chi connectivity index (χ3n) is 8.39. The summed E-state index contributed by atoms with van der Waals surface area (Å²) in [7, 11) is -9.33. The molecule has 0 aromatic carbocycles. The van der Waals surface area contributed by atoms with Gasteiger partial charge in [-0.25, -0.2) is 0 Å². The molecular weight excluding hydrogens is 756 g/mol. The minimum Gasteiger partial charge on any atom is -0.394 e. The van der Waals surface area contributed by atoms with Crippen LogP contribution in [0.3, 0.4) is 0 Å². The first-order chi connectivity index (χ1) is 25.2. The molecule has 0 saturated heterocycles. The molecule has 1 radical (unpaired) electrons. The van der Waals surface area contributed by atoms with E-state index in [2.05, 4.69) is 13.8 Å². The number of aliphatic hydroxyl groups is 2. The van der Waals surface area contributed by atoms with Crippen molar-refractivity contribution in [3.05, 3.63) is 0 Å². The molecule has 325 valence electrons. The van der Waals surface area contributed by atoms with Gasteiger partial charge >= 0.3 is 20.8 Å². The Balaban J connectivity index is -0.000000995. The molecule has 0 spiro atoms. The van der Waals surface area contributed by atoms with Crippen molar-refractivity contribution in [3.63, 3.8) is 0 Å². The molecule has 54 heavy (non-hydrogen) atoms. The van der Waals surface area contributed by atoms with Crippen LogP contribution in [0.1, 0.15) is 168 Å². The number of aliphatic hydroxyl groups excluding tert-OH is 2. The molecule has 0 aliphatic rings. The van der Waals surface area contributed by atoms with Gasteiger partial charge in [0.15, 0.2) is 0 Å². The number of hydrogen-bond acceptors (Lipinski definition) is 10. The molecule has 0 atom stereocenters. The second-order valence-corrected chi connectivity index (χ2v) is 15.6. The van der Waals surface area contributed by atoms with Gasteiger partial charge in [-0.1, -0.05) is 155 Å².